The number of carbonyl (C=O) groups excluding carboxylic acids is 2. The van der Waals surface area contributed by atoms with Crippen LogP contribution in [0.15, 0.2) is 17.5 Å². The summed E-state index contributed by atoms with van der Waals surface area (Å²) in [5.41, 5.74) is 3.18. The van der Waals surface area contributed by atoms with Gasteiger partial charge in [0.15, 0.2) is 11.2 Å². The lowest BCUT2D eigenvalue weighted by atomic mass is 10.2. The highest BCUT2D eigenvalue weighted by Gasteiger charge is 2.20. The van der Waals surface area contributed by atoms with Crippen LogP contribution >= 0.6 is 22.7 Å². The number of ether oxygens (including phenoxy) is 1. The lowest BCUT2D eigenvalue weighted by Crippen LogP contribution is -2.30. The number of thiazole rings is 1. The molecule has 3 aromatic rings. The first-order valence-electron chi connectivity index (χ1n) is 10.0. The third-order valence-corrected chi connectivity index (χ3v) is 6.59. The second kappa shape index (κ2) is 10.1. The molecule has 31 heavy (non-hydrogen) atoms. The molecule has 1 amide bonds. The van der Waals surface area contributed by atoms with E-state index >= 15 is 0 Å². The number of nitrogens with one attached hydrogen (secondary N) is 2. The lowest BCUT2D eigenvalue weighted by molar-refractivity contribution is -0.153. The van der Waals surface area contributed by atoms with Crippen molar-refractivity contribution in [2.75, 3.05) is 17.2 Å². The molecule has 0 aliphatic carbocycles. The molecule has 3 rings (SSSR count). The molecule has 0 saturated carbocycles. The highest BCUT2D eigenvalue weighted by atomic mass is 32.1. The van der Waals surface area contributed by atoms with Crippen LogP contribution < -0.4 is 10.6 Å². The molecule has 1 unspecified atom stereocenters. The van der Waals surface area contributed by atoms with Gasteiger partial charge >= 0.3 is 5.97 Å². The second-order valence-electron chi connectivity index (χ2n) is 7.27. The smallest absolute Gasteiger partial charge is 0.306 e. The van der Waals surface area contributed by atoms with Crippen molar-refractivity contribution in [1.29, 1.82) is 0 Å². The molecule has 0 saturated heterocycles. The Kier molecular flexibility index (Phi) is 7.45. The number of amides is 1. The van der Waals surface area contributed by atoms with Crippen molar-refractivity contribution in [2.24, 2.45) is 7.05 Å². The number of rotatable bonds is 9. The van der Waals surface area contributed by atoms with Gasteiger partial charge in [0.25, 0.3) is 5.91 Å². The van der Waals surface area contributed by atoms with E-state index in [-0.39, 0.29) is 12.3 Å². The fourth-order valence-corrected chi connectivity index (χ4v) is 4.60. The van der Waals surface area contributed by atoms with E-state index in [2.05, 4.69) is 39.8 Å². The first kappa shape index (κ1) is 23.0. The predicted octanol–water partition coefficient (Wildman–Crippen LogP) is 4.29. The maximum atomic E-state index is 12.4. The minimum atomic E-state index is -0.879. The minimum absolute atomic E-state index is 0.220. The molecule has 0 bridgehead atoms. The third kappa shape index (κ3) is 5.92. The van der Waals surface area contributed by atoms with Gasteiger partial charge in [-0.05, 0) is 46.2 Å². The number of hydrogen-bond acceptors (Lipinski definition) is 8. The SMILES string of the molecule is Cc1ccc(-c2csc(NCCCC(=O)OC(C)C(=O)Nc3c(C)nn(C)c3C)n2)s1. The molecule has 0 aliphatic rings. The van der Waals surface area contributed by atoms with E-state index < -0.39 is 12.1 Å². The molecule has 1 atom stereocenters. The number of carbonyl (C=O) groups is 2. The van der Waals surface area contributed by atoms with Crippen LogP contribution in [0.4, 0.5) is 10.8 Å². The number of thiophene rings is 1. The Hall–Kier alpha value is -2.72. The molecule has 166 valence electrons. The number of aromatic nitrogens is 3. The summed E-state index contributed by atoms with van der Waals surface area (Å²) in [4.78, 5) is 31.4. The molecule has 3 heterocycles. The monoisotopic (exact) mass is 461 g/mol. The first-order chi connectivity index (χ1) is 14.7. The Morgan fingerprint density at radius 3 is 2.68 bits per heavy atom. The molecular formula is C21H27N5O3S2. The summed E-state index contributed by atoms with van der Waals surface area (Å²) in [6, 6.07) is 4.15. The second-order valence-corrected chi connectivity index (χ2v) is 9.42. The van der Waals surface area contributed by atoms with Gasteiger partial charge in [-0.2, -0.15) is 5.10 Å². The quantitative estimate of drug-likeness (QED) is 0.364. The number of aryl methyl sites for hydroxylation is 3. The summed E-state index contributed by atoms with van der Waals surface area (Å²) < 4.78 is 6.97. The van der Waals surface area contributed by atoms with E-state index in [0.717, 1.165) is 27.1 Å². The van der Waals surface area contributed by atoms with Crippen LogP contribution in [-0.4, -0.2) is 39.3 Å². The van der Waals surface area contributed by atoms with Crippen molar-refractivity contribution >= 4 is 45.4 Å². The standard InChI is InChI=1S/C21H27N5O3S2/c1-12-8-9-17(31-12)16-11-30-21(23-16)22-10-6-7-18(27)29-15(4)20(28)24-19-13(2)25-26(5)14(19)3/h8-9,11,15H,6-7,10H2,1-5H3,(H,22,23)(H,24,28). The summed E-state index contributed by atoms with van der Waals surface area (Å²) in [5.74, 6) is -0.775. The fraction of sp³-hybridized carbons (Fsp3) is 0.429. The third-order valence-electron chi connectivity index (χ3n) is 4.77. The zero-order valence-corrected chi connectivity index (χ0v) is 19.9. The van der Waals surface area contributed by atoms with E-state index in [9.17, 15) is 9.59 Å². The van der Waals surface area contributed by atoms with Crippen LogP contribution in [0.2, 0.25) is 0 Å². The van der Waals surface area contributed by atoms with Gasteiger partial charge in [-0.3, -0.25) is 14.3 Å². The Morgan fingerprint density at radius 2 is 2.03 bits per heavy atom. The molecule has 0 fully saturated rings. The molecule has 8 nitrogen and oxygen atoms in total. The Morgan fingerprint density at radius 1 is 1.26 bits per heavy atom. The summed E-state index contributed by atoms with van der Waals surface area (Å²) in [6.45, 7) is 7.92. The first-order valence-corrected chi connectivity index (χ1v) is 11.7. The zero-order valence-electron chi connectivity index (χ0n) is 18.3. The van der Waals surface area contributed by atoms with Crippen LogP contribution in [0.3, 0.4) is 0 Å². The number of anilines is 2. The van der Waals surface area contributed by atoms with E-state index in [1.807, 2.05) is 26.3 Å². The van der Waals surface area contributed by atoms with Gasteiger partial charge < -0.3 is 15.4 Å². The van der Waals surface area contributed by atoms with Crippen LogP contribution in [0, 0.1) is 20.8 Å². The van der Waals surface area contributed by atoms with Crippen molar-refractivity contribution in [3.8, 4) is 10.6 Å². The highest BCUT2D eigenvalue weighted by Crippen LogP contribution is 2.30. The van der Waals surface area contributed by atoms with Gasteiger partial charge in [0.1, 0.15) is 0 Å². The average Bonchev–Trinajstić information content (AvgIpc) is 3.42. The number of esters is 1. The van der Waals surface area contributed by atoms with Crippen molar-refractivity contribution in [2.45, 2.75) is 46.6 Å². The molecule has 10 heteroatoms. The van der Waals surface area contributed by atoms with Crippen LogP contribution in [0.1, 0.15) is 36.0 Å². The van der Waals surface area contributed by atoms with Crippen molar-refractivity contribution in [3.05, 3.63) is 33.8 Å². The van der Waals surface area contributed by atoms with Gasteiger partial charge in [-0.15, -0.1) is 22.7 Å². The fourth-order valence-electron chi connectivity index (χ4n) is 2.96. The van der Waals surface area contributed by atoms with E-state index in [0.29, 0.717) is 18.7 Å². The molecule has 0 spiro atoms. The summed E-state index contributed by atoms with van der Waals surface area (Å²) in [5, 5.41) is 13.1. The number of hydrogen-bond donors (Lipinski definition) is 2. The maximum absolute atomic E-state index is 12.4. The molecule has 0 aliphatic heterocycles. The van der Waals surface area contributed by atoms with Gasteiger partial charge in [-0.1, -0.05) is 0 Å². The summed E-state index contributed by atoms with van der Waals surface area (Å²) in [6.07, 6.45) is -0.0749. The lowest BCUT2D eigenvalue weighted by Gasteiger charge is -2.14. The maximum Gasteiger partial charge on any atom is 0.306 e. The van der Waals surface area contributed by atoms with E-state index in [4.69, 9.17) is 4.74 Å². The topological polar surface area (TPSA) is 98.1 Å². The zero-order chi connectivity index (χ0) is 22.5. The largest absolute Gasteiger partial charge is 0.453 e. The average molecular weight is 462 g/mol. The summed E-state index contributed by atoms with van der Waals surface area (Å²) in [7, 11) is 1.81. The highest BCUT2D eigenvalue weighted by molar-refractivity contribution is 7.16. The van der Waals surface area contributed by atoms with Gasteiger partial charge in [-0.25, -0.2) is 4.98 Å². The van der Waals surface area contributed by atoms with Crippen molar-refractivity contribution < 1.29 is 14.3 Å². The van der Waals surface area contributed by atoms with Crippen LogP contribution in [0.5, 0.6) is 0 Å². The van der Waals surface area contributed by atoms with Gasteiger partial charge in [0.2, 0.25) is 0 Å². The Bertz CT molecular complexity index is 1070. The van der Waals surface area contributed by atoms with Crippen LogP contribution in [-0.2, 0) is 21.4 Å². The van der Waals surface area contributed by atoms with E-state index in [1.165, 1.54) is 4.88 Å². The predicted molar refractivity (Wildman–Crippen MR) is 125 cm³/mol. The summed E-state index contributed by atoms with van der Waals surface area (Å²) >= 11 is 3.26. The van der Waals surface area contributed by atoms with Crippen molar-refractivity contribution in [3.63, 3.8) is 0 Å². The molecule has 0 aromatic carbocycles. The van der Waals surface area contributed by atoms with Crippen LogP contribution in [0.25, 0.3) is 10.6 Å². The molecule has 2 N–H and O–H groups in total. The normalized spacial score (nSPS) is 11.9. The Balaban J connectivity index is 1.39. The molecular weight excluding hydrogens is 434 g/mol. The Labute approximate surface area is 189 Å². The molecule has 0 radical (unpaired) electrons. The minimum Gasteiger partial charge on any atom is -0.453 e. The van der Waals surface area contributed by atoms with Crippen molar-refractivity contribution in [1.82, 2.24) is 14.8 Å². The molecule has 3 aromatic heterocycles. The van der Waals surface area contributed by atoms with Gasteiger partial charge in [0.05, 0.1) is 27.6 Å². The number of nitrogens with zero attached hydrogens (tertiary/aromatic N) is 3. The van der Waals surface area contributed by atoms with Gasteiger partial charge in [0, 0.05) is 30.3 Å². The van der Waals surface area contributed by atoms with E-state index in [1.54, 1.807) is 34.3 Å².